The Labute approximate surface area is 127 Å². The normalized spacial score (nSPS) is 32.3. The van der Waals surface area contributed by atoms with Crippen LogP contribution >= 0.6 is 0 Å². The maximum absolute atomic E-state index is 3.70. The van der Waals surface area contributed by atoms with E-state index in [0.29, 0.717) is 6.04 Å². The summed E-state index contributed by atoms with van der Waals surface area (Å²) in [5.74, 6) is 0.826. The van der Waals surface area contributed by atoms with Crippen molar-refractivity contribution in [1.29, 1.82) is 0 Å². The highest BCUT2D eigenvalue weighted by Crippen LogP contribution is 2.45. The third kappa shape index (κ3) is 2.09. The van der Waals surface area contributed by atoms with Gasteiger partial charge < -0.3 is 10.2 Å². The standard InChI is InChI=1S/C18H25N3/c1-2-14(1)20-7-9-21(10-8-20)15-3-4-16-13-5-6-19-18(11-13)17(16)12-15/h3-4,12-14,18-19H,1-2,5-11H2. The van der Waals surface area contributed by atoms with Gasteiger partial charge in [0, 0.05) is 44.0 Å². The number of piperazine rings is 1. The summed E-state index contributed by atoms with van der Waals surface area (Å²) >= 11 is 0. The largest absolute Gasteiger partial charge is 0.369 e. The van der Waals surface area contributed by atoms with Crippen molar-refractivity contribution in [3.8, 4) is 0 Å². The zero-order valence-corrected chi connectivity index (χ0v) is 12.7. The van der Waals surface area contributed by atoms with Crippen molar-refractivity contribution in [2.75, 3.05) is 37.6 Å². The van der Waals surface area contributed by atoms with Gasteiger partial charge in [0.25, 0.3) is 0 Å². The maximum atomic E-state index is 3.70. The van der Waals surface area contributed by atoms with E-state index in [4.69, 9.17) is 0 Å². The van der Waals surface area contributed by atoms with Crippen LogP contribution in [0.1, 0.15) is 48.8 Å². The Morgan fingerprint density at radius 3 is 2.62 bits per heavy atom. The van der Waals surface area contributed by atoms with Crippen molar-refractivity contribution in [2.45, 2.75) is 43.7 Å². The van der Waals surface area contributed by atoms with E-state index < -0.39 is 0 Å². The highest BCUT2D eigenvalue weighted by molar-refractivity contribution is 5.55. The summed E-state index contributed by atoms with van der Waals surface area (Å²) in [5.41, 5.74) is 4.68. The quantitative estimate of drug-likeness (QED) is 0.899. The van der Waals surface area contributed by atoms with E-state index in [1.807, 2.05) is 0 Å². The lowest BCUT2D eigenvalue weighted by Gasteiger charge is -2.36. The molecule has 3 nitrogen and oxygen atoms in total. The lowest BCUT2D eigenvalue weighted by Crippen LogP contribution is -2.47. The van der Waals surface area contributed by atoms with Gasteiger partial charge in [-0.1, -0.05) is 6.07 Å². The monoisotopic (exact) mass is 283 g/mol. The maximum Gasteiger partial charge on any atom is 0.0370 e. The van der Waals surface area contributed by atoms with Gasteiger partial charge in [0.15, 0.2) is 0 Å². The van der Waals surface area contributed by atoms with E-state index in [1.165, 1.54) is 64.1 Å². The van der Waals surface area contributed by atoms with Crippen molar-refractivity contribution in [1.82, 2.24) is 10.2 Å². The molecule has 2 atom stereocenters. The van der Waals surface area contributed by atoms with Gasteiger partial charge in [-0.2, -0.15) is 0 Å². The van der Waals surface area contributed by atoms with Gasteiger partial charge in [-0.05, 0) is 61.4 Å². The molecule has 3 heteroatoms. The summed E-state index contributed by atoms with van der Waals surface area (Å²) in [4.78, 5) is 5.29. The lowest BCUT2D eigenvalue weighted by molar-refractivity contribution is 0.248. The second kappa shape index (κ2) is 4.72. The number of benzene rings is 1. The Bertz CT molecular complexity index is 543. The minimum Gasteiger partial charge on any atom is -0.369 e. The molecule has 4 aliphatic rings. The summed E-state index contributed by atoms with van der Waals surface area (Å²) in [7, 11) is 0. The van der Waals surface area contributed by atoms with Gasteiger partial charge in [-0.25, -0.2) is 0 Å². The highest BCUT2D eigenvalue weighted by atomic mass is 15.3. The molecule has 2 saturated heterocycles. The van der Waals surface area contributed by atoms with E-state index >= 15 is 0 Å². The van der Waals surface area contributed by atoms with Gasteiger partial charge in [-0.3, -0.25) is 4.90 Å². The number of hydrogen-bond donors (Lipinski definition) is 1. The van der Waals surface area contributed by atoms with Crippen LogP contribution < -0.4 is 10.2 Å². The van der Waals surface area contributed by atoms with Gasteiger partial charge in [0.1, 0.15) is 0 Å². The minimum absolute atomic E-state index is 0.631. The van der Waals surface area contributed by atoms with Crippen LogP contribution in [0.5, 0.6) is 0 Å². The number of piperidine rings is 1. The zero-order chi connectivity index (χ0) is 13.8. The van der Waals surface area contributed by atoms with Gasteiger partial charge in [0.2, 0.25) is 0 Å². The smallest absolute Gasteiger partial charge is 0.0370 e. The molecule has 2 bridgehead atoms. The van der Waals surface area contributed by atoms with Crippen LogP contribution in [0.2, 0.25) is 0 Å². The Hall–Kier alpha value is -1.06. The Morgan fingerprint density at radius 1 is 0.952 bits per heavy atom. The van der Waals surface area contributed by atoms with Crippen LogP contribution in [0.3, 0.4) is 0 Å². The van der Waals surface area contributed by atoms with E-state index in [0.717, 1.165) is 12.0 Å². The molecule has 21 heavy (non-hydrogen) atoms. The topological polar surface area (TPSA) is 18.5 Å². The Kier molecular flexibility index (Phi) is 2.80. The number of anilines is 1. The van der Waals surface area contributed by atoms with Crippen LogP contribution in [0.25, 0.3) is 0 Å². The summed E-state index contributed by atoms with van der Waals surface area (Å²) in [6.07, 6.45) is 5.53. The van der Waals surface area contributed by atoms with E-state index in [2.05, 4.69) is 33.3 Å². The SMILES string of the molecule is c1cc2c(cc1N1CCN(C3CC3)CC1)C1CC2CCN1. The predicted octanol–water partition coefficient (Wildman–Crippen LogP) is 2.49. The highest BCUT2D eigenvalue weighted by Gasteiger charge is 2.35. The number of nitrogens with one attached hydrogen (secondary N) is 1. The average molecular weight is 283 g/mol. The molecule has 5 rings (SSSR count). The summed E-state index contributed by atoms with van der Waals surface area (Å²) < 4.78 is 0. The number of hydrogen-bond acceptors (Lipinski definition) is 3. The molecule has 3 fully saturated rings. The second-order valence-corrected chi connectivity index (χ2v) is 7.30. The van der Waals surface area contributed by atoms with Gasteiger partial charge >= 0.3 is 0 Å². The molecule has 2 aliphatic carbocycles. The molecular weight excluding hydrogens is 258 g/mol. The molecule has 1 saturated carbocycles. The first-order valence-corrected chi connectivity index (χ1v) is 8.75. The summed E-state index contributed by atoms with van der Waals surface area (Å²) in [5, 5.41) is 3.70. The average Bonchev–Trinajstić information content (AvgIpc) is 3.36. The molecule has 2 aliphatic heterocycles. The summed E-state index contributed by atoms with van der Waals surface area (Å²) in [6, 6.07) is 8.86. The van der Waals surface area contributed by atoms with Crippen LogP contribution in [0.15, 0.2) is 18.2 Å². The van der Waals surface area contributed by atoms with Crippen molar-refractivity contribution < 1.29 is 0 Å². The van der Waals surface area contributed by atoms with Crippen LogP contribution in [-0.2, 0) is 0 Å². The fraction of sp³-hybridized carbons (Fsp3) is 0.667. The first-order valence-electron chi connectivity index (χ1n) is 8.75. The molecular formula is C18H25N3. The van der Waals surface area contributed by atoms with Crippen molar-refractivity contribution >= 4 is 5.69 Å². The van der Waals surface area contributed by atoms with Crippen LogP contribution in [0, 0.1) is 0 Å². The molecule has 0 spiro atoms. The molecule has 1 N–H and O–H groups in total. The van der Waals surface area contributed by atoms with Crippen molar-refractivity contribution in [3.63, 3.8) is 0 Å². The summed E-state index contributed by atoms with van der Waals surface area (Å²) in [6.45, 7) is 6.12. The number of fused-ring (bicyclic) bond motifs is 5. The van der Waals surface area contributed by atoms with Crippen molar-refractivity contribution in [3.05, 3.63) is 29.3 Å². The predicted molar refractivity (Wildman–Crippen MR) is 86.0 cm³/mol. The minimum atomic E-state index is 0.631. The van der Waals surface area contributed by atoms with Crippen LogP contribution in [-0.4, -0.2) is 43.7 Å². The fourth-order valence-electron chi connectivity index (χ4n) is 4.65. The first kappa shape index (κ1) is 12.5. The fourth-order valence-corrected chi connectivity index (χ4v) is 4.65. The second-order valence-electron chi connectivity index (χ2n) is 7.30. The van der Waals surface area contributed by atoms with E-state index in [-0.39, 0.29) is 0 Å². The first-order chi connectivity index (χ1) is 10.4. The molecule has 0 aromatic heterocycles. The molecule has 2 unspecified atom stereocenters. The third-order valence-corrected chi connectivity index (χ3v) is 6.03. The Balaban J connectivity index is 1.36. The molecule has 2 heterocycles. The van der Waals surface area contributed by atoms with Crippen LogP contribution in [0.4, 0.5) is 5.69 Å². The molecule has 0 amide bonds. The van der Waals surface area contributed by atoms with E-state index in [1.54, 1.807) is 11.1 Å². The Morgan fingerprint density at radius 2 is 1.81 bits per heavy atom. The van der Waals surface area contributed by atoms with Gasteiger partial charge in [-0.15, -0.1) is 0 Å². The van der Waals surface area contributed by atoms with E-state index in [9.17, 15) is 0 Å². The third-order valence-electron chi connectivity index (χ3n) is 6.03. The lowest BCUT2D eigenvalue weighted by atomic mass is 9.96. The molecule has 1 aromatic rings. The number of nitrogens with zero attached hydrogens (tertiary/aromatic N) is 2. The number of rotatable bonds is 2. The molecule has 0 radical (unpaired) electrons. The molecule has 112 valence electrons. The zero-order valence-electron chi connectivity index (χ0n) is 12.7. The molecule has 1 aromatic carbocycles. The van der Waals surface area contributed by atoms with Gasteiger partial charge in [0.05, 0.1) is 0 Å². The van der Waals surface area contributed by atoms with Crippen molar-refractivity contribution in [2.24, 2.45) is 0 Å².